The summed E-state index contributed by atoms with van der Waals surface area (Å²) < 4.78 is 13.9. The number of rotatable bonds is 2. The van der Waals surface area contributed by atoms with Crippen LogP contribution in [0.2, 0.25) is 0 Å². The number of carbonyl (C=O) groups is 2. The highest BCUT2D eigenvalue weighted by Crippen LogP contribution is 2.34. The number of anilines is 2. The summed E-state index contributed by atoms with van der Waals surface area (Å²) >= 11 is 0. The van der Waals surface area contributed by atoms with Gasteiger partial charge in [0.2, 0.25) is 11.8 Å². The molecule has 0 spiro atoms. The van der Waals surface area contributed by atoms with Crippen molar-refractivity contribution < 1.29 is 14.0 Å². The van der Waals surface area contributed by atoms with Crippen LogP contribution in [0.3, 0.4) is 0 Å². The molecule has 1 atom stereocenters. The molecule has 0 aromatic heterocycles. The van der Waals surface area contributed by atoms with Gasteiger partial charge in [0.05, 0.1) is 11.4 Å². The number of fused-ring (bicyclic) bond motifs is 1. The first-order valence-electron chi connectivity index (χ1n) is 9.14. The summed E-state index contributed by atoms with van der Waals surface area (Å²) in [4.78, 5) is 31.0. The summed E-state index contributed by atoms with van der Waals surface area (Å²) in [6, 6.07) is 4.16. The predicted molar refractivity (Wildman–Crippen MR) is 96.3 cm³/mol. The second-order valence-electron chi connectivity index (χ2n) is 6.85. The lowest BCUT2D eigenvalue weighted by molar-refractivity contribution is -0.141. The molecule has 5 nitrogen and oxygen atoms in total. The van der Waals surface area contributed by atoms with Crippen LogP contribution >= 0.6 is 0 Å². The molecule has 0 bridgehead atoms. The number of piperidine rings is 1. The summed E-state index contributed by atoms with van der Waals surface area (Å²) in [5.41, 5.74) is 1.47. The number of carbonyl (C=O) groups excluding carboxylic acids is 2. The van der Waals surface area contributed by atoms with Crippen LogP contribution in [-0.4, -0.2) is 49.4 Å². The molecule has 1 fully saturated rings. The molecule has 0 N–H and O–H groups in total. The zero-order valence-corrected chi connectivity index (χ0v) is 15.0. The van der Waals surface area contributed by atoms with Gasteiger partial charge in [-0.3, -0.25) is 9.59 Å². The normalized spacial score (nSPS) is 20.9. The maximum atomic E-state index is 13.9. The fourth-order valence-corrected chi connectivity index (χ4v) is 3.84. The lowest BCUT2D eigenvalue weighted by atomic mass is 10.00. The van der Waals surface area contributed by atoms with E-state index in [1.807, 2.05) is 14.0 Å². The highest BCUT2D eigenvalue weighted by molar-refractivity contribution is 6.01. The van der Waals surface area contributed by atoms with Gasteiger partial charge in [0.25, 0.3) is 0 Å². The molecule has 1 aromatic carbocycles. The van der Waals surface area contributed by atoms with Gasteiger partial charge in [-0.2, -0.15) is 0 Å². The molecule has 2 amide bonds. The van der Waals surface area contributed by atoms with Gasteiger partial charge in [0.1, 0.15) is 11.9 Å². The van der Waals surface area contributed by atoms with Crippen molar-refractivity contribution in [3.8, 4) is 0 Å². The number of hydrogen-bond donors (Lipinski definition) is 0. The lowest BCUT2D eigenvalue weighted by Crippen LogP contribution is -2.53. The molecule has 2 aliphatic heterocycles. The Hall–Kier alpha value is -2.11. The van der Waals surface area contributed by atoms with Gasteiger partial charge in [-0.25, -0.2) is 4.39 Å². The van der Waals surface area contributed by atoms with Gasteiger partial charge in [0.15, 0.2) is 0 Å². The molecule has 0 saturated carbocycles. The zero-order chi connectivity index (χ0) is 18.0. The molecule has 0 radical (unpaired) electrons. The summed E-state index contributed by atoms with van der Waals surface area (Å²) in [6.45, 7) is 3.81. The fraction of sp³-hybridized carbons (Fsp3) is 0.579. The molecular formula is C19H26FN3O2. The van der Waals surface area contributed by atoms with E-state index in [9.17, 15) is 14.0 Å². The Morgan fingerprint density at radius 1 is 1.12 bits per heavy atom. The quantitative estimate of drug-likeness (QED) is 0.826. The summed E-state index contributed by atoms with van der Waals surface area (Å²) in [6.07, 6.45) is 3.77. The largest absolute Gasteiger partial charge is 0.373 e. The van der Waals surface area contributed by atoms with E-state index in [4.69, 9.17) is 0 Å². The second-order valence-corrected chi connectivity index (χ2v) is 6.85. The van der Waals surface area contributed by atoms with Crippen molar-refractivity contribution in [3.05, 3.63) is 24.0 Å². The number of likely N-dealkylation sites (tertiary alicyclic amines) is 1. The smallest absolute Gasteiger partial charge is 0.249 e. The molecular weight excluding hydrogens is 321 g/mol. The maximum absolute atomic E-state index is 13.9. The molecule has 2 heterocycles. The van der Waals surface area contributed by atoms with E-state index in [1.54, 1.807) is 15.9 Å². The van der Waals surface area contributed by atoms with Crippen molar-refractivity contribution in [2.24, 2.45) is 0 Å². The van der Waals surface area contributed by atoms with Gasteiger partial charge < -0.3 is 14.7 Å². The third-order valence-electron chi connectivity index (χ3n) is 5.19. The molecule has 3 rings (SSSR count). The SMILES string of the molecule is CCC(=O)N1CCCCC1C(=O)N1CCCN(C)c2ccc(F)cc21. The van der Waals surface area contributed by atoms with Gasteiger partial charge in [0, 0.05) is 33.1 Å². The fourth-order valence-electron chi connectivity index (χ4n) is 3.84. The Labute approximate surface area is 148 Å². The van der Waals surface area contributed by atoms with E-state index in [2.05, 4.69) is 4.90 Å². The second kappa shape index (κ2) is 7.42. The minimum atomic E-state index is -0.430. The molecule has 6 heteroatoms. The first-order chi connectivity index (χ1) is 12.0. The lowest BCUT2D eigenvalue weighted by Gasteiger charge is -2.37. The third-order valence-corrected chi connectivity index (χ3v) is 5.19. The van der Waals surface area contributed by atoms with E-state index in [0.717, 1.165) is 31.5 Å². The van der Waals surface area contributed by atoms with Crippen LogP contribution in [0.15, 0.2) is 18.2 Å². The molecule has 25 heavy (non-hydrogen) atoms. The van der Waals surface area contributed by atoms with E-state index in [0.29, 0.717) is 31.6 Å². The topological polar surface area (TPSA) is 43.9 Å². The van der Waals surface area contributed by atoms with Crippen LogP contribution in [0.5, 0.6) is 0 Å². The van der Waals surface area contributed by atoms with Crippen LogP contribution in [0.25, 0.3) is 0 Å². The molecule has 1 saturated heterocycles. The molecule has 2 aliphatic rings. The summed E-state index contributed by atoms with van der Waals surface area (Å²) in [7, 11) is 1.96. The maximum Gasteiger partial charge on any atom is 0.249 e. The van der Waals surface area contributed by atoms with E-state index in [-0.39, 0.29) is 17.6 Å². The van der Waals surface area contributed by atoms with Gasteiger partial charge in [-0.15, -0.1) is 0 Å². The Balaban J connectivity index is 1.94. The Morgan fingerprint density at radius 2 is 1.92 bits per heavy atom. The predicted octanol–water partition coefficient (Wildman–Crippen LogP) is 2.79. The molecule has 1 unspecified atom stereocenters. The number of nitrogens with zero attached hydrogens (tertiary/aromatic N) is 3. The van der Waals surface area contributed by atoms with Crippen LogP contribution < -0.4 is 9.80 Å². The average molecular weight is 347 g/mol. The highest BCUT2D eigenvalue weighted by Gasteiger charge is 2.36. The standard InChI is InChI=1S/C19H26FN3O2/c1-3-18(24)22-11-5-4-7-16(22)19(25)23-12-6-10-21(2)15-9-8-14(20)13-17(15)23/h8-9,13,16H,3-7,10-12H2,1-2H3. The van der Waals surface area contributed by atoms with Crippen molar-refractivity contribution in [2.45, 2.75) is 45.1 Å². The Kier molecular flexibility index (Phi) is 5.25. The minimum absolute atomic E-state index is 0.0180. The monoisotopic (exact) mass is 347 g/mol. The van der Waals surface area contributed by atoms with E-state index in [1.165, 1.54) is 12.1 Å². The van der Waals surface area contributed by atoms with Crippen molar-refractivity contribution in [1.82, 2.24) is 4.90 Å². The van der Waals surface area contributed by atoms with Crippen LogP contribution in [0.1, 0.15) is 39.0 Å². The summed E-state index contributed by atoms with van der Waals surface area (Å²) in [5, 5.41) is 0. The highest BCUT2D eigenvalue weighted by atomic mass is 19.1. The van der Waals surface area contributed by atoms with Crippen molar-refractivity contribution >= 4 is 23.2 Å². The first-order valence-corrected chi connectivity index (χ1v) is 9.14. The average Bonchev–Trinajstić information content (AvgIpc) is 2.79. The number of benzene rings is 1. The van der Waals surface area contributed by atoms with Crippen LogP contribution in [0.4, 0.5) is 15.8 Å². The third kappa shape index (κ3) is 3.48. The van der Waals surface area contributed by atoms with Gasteiger partial charge in [-0.1, -0.05) is 6.92 Å². The van der Waals surface area contributed by atoms with Gasteiger partial charge >= 0.3 is 0 Å². The Bertz CT molecular complexity index is 664. The van der Waals surface area contributed by atoms with E-state index >= 15 is 0 Å². The summed E-state index contributed by atoms with van der Waals surface area (Å²) in [5.74, 6) is -0.412. The van der Waals surface area contributed by atoms with Crippen molar-refractivity contribution in [2.75, 3.05) is 36.5 Å². The van der Waals surface area contributed by atoms with Crippen LogP contribution in [-0.2, 0) is 9.59 Å². The van der Waals surface area contributed by atoms with Gasteiger partial charge in [-0.05, 0) is 43.9 Å². The number of hydrogen-bond acceptors (Lipinski definition) is 3. The number of halogens is 1. The molecule has 1 aromatic rings. The van der Waals surface area contributed by atoms with E-state index < -0.39 is 6.04 Å². The molecule has 0 aliphatic carbocycles. The first kappa shape index (κ1) is 17.7. The zero-order valence-electron chi connectivity index (χ0n) is 15.0. The van der Waals surface area contributed by atoms with Crippen molar-refractivity contribution in [1.29, 1.82) is 0 Å². The van der Waals surface area contributed by atoms with Crippen LogP contribution in [0, 0.1) is 5.82 Å². The number of amides is 2. The van der Waals surface area contributed by atoms with Crippen molar-refractivity contribution in [3.63, 3.8) is 0 Å². The molecule has 136 valence electrons. The Morgan fingerprint density at radius 3 is 2.68 bits per heavy atom. The minimum Gasteiger partial charge on any atom is -0.373 e.